The third-order valence-corrected chi connectivity index (χ3v) is 5.65. The van der Waals surface area contributed by atoms with E-state index in [1.165, 1.54) is 62.1 Å². The second-order valence-electron chi connectivity index (χ2n) is 7.08. The molecule has 1 saturated heterocycles. The van der Waals surface area contributed by atoms with Crippen molar-refractivity contribution in [2.24, 2.45) is 5.92 Å². The van der Waals surface area contributed by atoms with Crippen LogP contribution in [0, 0.1) is 5.92 Å². The average molecular weight is 298 g/mol. The minimum Gasteiger partial charge on any atom is -0.372 e. The van der Waals surface area contributed by atoms with E-state index in [0.717, 1.165) is 25.8 Å². The number of nitrogens with zero attached hydrogens (tertiary/aromatic N) is 2. The fourth-order valence-electron chi connectivity index (χ4n) is 4.36. The smallest absolute Gasteiger partial charge is 0.230 e. The predicted octanol–water partition coefficient (Wildman–Crippen LogP) is 3.76. The van der Waals surface area contributed by atoms with E-state index >= 15 is 0 Å². The first-order valence-electron chi connectivity index (χ1n) is 9.02. The van der Waals surface area contributed by atoms with Crippen LogP contribution in [0.2, 0.25) is 0 Å². The molecule has 2 fully saturated rings. The molecule has 4 rings (SSSR count). The van der Waals surface area contributed by atoms with Crippen LogP contribution in [0.1, 0.15) is 50.5 Å². The van der Waals surface area contributed by atoms with Gasteiger partial charge in [-0.1, -0.05) is 19.3 Å². The first kappa shape index (κ1) is 14.1. The normalized spacial score (nSPS) is 22.2. The molecule has 3 aliphatic rings. The van der Waals surface area contributed by atoms with Crippen LogP contribution < -0.4 is 9.80 Å². The van der Waals surface area contributed by atoms with Crippen molar-refractivity contribution in [3.05, 3.63) is 23.8 Å². The lowest BCUT2D eigenvalue weighted by Gasteiger charge is -2.27. The van der Waals surface area contributed by atoms with Gasteiger partial charge in [0.2, 0.25) is 5.91 Å². The van der Waals surface area contributed by atoms with Crippen LogP contribution in [0.15, 0.2) is 18.2 Å². The van der Waals surface area contributed by atoms with E-state index < -0.39 is 0 Å². The van der Waals surface area contributed by atoms with Gasteiger partial charge in [-0.3, -0.25) is 4.79 Å². The minimum atomic E-state index is 0.276. The number of hydrogen-bond acceptors (Lipinski definition) is 2. The Morgan fingerprint density at radius 1 is 0.955 bits per heavy atom. The lowest BCUT2D eigenvalue weighted by atomic mass is 9.88. The van der Waals surface area contributed by atoms with Crippen LogP contribution in [0.3, 0.4) is 0 Å². The molecule has 3 nitrogen and oxygen atoms in total. The SMILES string of the molecule is O=C(C1CCCCC1)N1CCc2cc(N3CCCC3)ccc21. The van der Waals surface area contributed by atoms with E-state index in [9.17, 15) is 4.79 Å². The third-order valence-electron chi connectivity index (χ3n) is 5.65. The van der Waals surface area contributed by atoms with Crippen molar-refractivity contribution in [1.29, 1.82) is 0 Å². The van der Waals surface area contributed by atoms with Crippen LogP contribution in [0.4, 0.5) is 11.4 Å². The van der Waals surface area contributed by atoms with Gasteiger partial charge in [-0.2, -0.15) is 0 Å². The molecule has 0 bridgehead atoms. The average Bonchev–Trinajstić information content (AvgIpc) is 3.24. The van der Waals surface area contributed by atoms with E-state index in [4.69, 9.17) is 0 Å². The summed E-state index contributed by atoms with van der Waals surface area (Å²) in [5.41, 5.74) is 3.90. The van der Waals surface area contributed by atoms with E-state index in [1.807, 2.05) is 0 Å². The molecular formula is C19H26N2O. The molecule has 1 amide bonds. The summed E-state index contributed by atoms with van der Waals surface area (Å²) in [6, 6.07) is 6.74. The van der Waals surface area contributed by atoms with Gasteiger partial charge in [-0.05, 0) is 55.9 Å². The van der Waals surface area contributed by atoms with Gasteiger partial charge in [-0.15, -0.1) is 0 Å². The Morgan fingerprint density at radius 3 is 2.50 bits per heavy atom. The molecular weight excluding hydrogens is 272 g/mol. The Labute approximate surface area is 133 Å². The van der Waals surface area contributed by atoms with Crippen molar-refractivity contribution < 1.29 is 4.79 Å². The summed E-state index contributed by atoms with van der Waals surface area (Å²) >= 11 is 0. The van der Waals surface area contributed by atoms with Crippen molar-refractivity contribution in [2.75, 3.05) is 29.4 Å². The molecule has 0 atom stereocenters. The zero-order chi connectivity index (χ0) is 14.9. The largest absolute Gasteiger partial charge is 0.372 e. The molecule has 2 heterocycles. The maximum Gasteiger partial charge on any atom is 0.230 e. The quantitative estimate of drug-likeness (QED) is 0.830. The number of anilines is 2. The van der Waals surface area contributed by atoms with E-state index in [-0.39, 0.29) is 5.92 Å². The van der Waals surface area contributed by atoms with E-state index in [0.29, 0.717) is 5.91 Å². The molecule has 118 valence electrons. The maximum atomic E-state index is 12.8. The van der Waals surface area contributed by atoms with Crippen molar-refractivity contribution in [3.8, 4) is 0 Å². The molecule has 1 aliphatic carbocycles. The standard InChI is InChI=1S/C19H26N2O/c22-19(15-6-2-1-3-7-15)21-13-10-16-14-17(8-9-18(16)21)20-11-4-5-12-20/h8-9,14-15H,1-7,10-13H2. The lowest BCUT2D eigenvalue weighted by Crippen LogP contribution is -2.35. The van der Waals surface area contributed by atoms with Crippen LogP contribution >= 0.6 is 0 Å². The number of fused-ring (bicyclic) bond motifs is 1. The molecule has 22 heavy (non-hydrogen) atoms. The summed E-state index contributed by atoms with van der Waals surface area (Å²) < 4.78 is 0. The second-order valence-corrected chi connectivity index (χ2v) is 7.08. The molecule has 2 aliphatic heterocycles. The molecule has 0 aromatic heterocycles. The van der Waals surface area contributed by atoms with Crippen LogP contribution in [0.25, 0.3) is 0 Å². The highest BCUT2D eigenvalue weighted by atomic mass is 16.2. The molecule has 1 saturated carbocycles. The molecule has 3 heteroatoms. The maximum absolute atomic E-state index is 12.8. The van der Waals surface area contributed by atoms with Gasteiger partial charge in [0.05, 0.1) is 0 Å². The van der Waals surface area contributed by atoms with Gasteiger partial charge < -0.3 is 9.80 Å². The second kappa shape index (κ2) is 5.94. The molecule has 0 spiro atoms. The highest BCUT2D eigenvalue weighted by Crippen LogP contribution is 2.35. The zero-order valence-electron chi connectivity index (χ0n) is 13.4. The Bertz CT molecular complexity index is 557. The zero-order valence-corrected chi connectivity index (χ0v) is 13.4. The van der Waals surface area contributed by atoms with E-state index in [1.54, 1.807) is 0 Å². The third kappa shape index (κ3) is 2.51. The molecule has 0 N–H and O–H groups in total. The minimum absolute atomic E-state index is 0.276. The Kier molecular flexibility index (Phi) is 3.81. The number of amides is 1. The number of rotatable bonds is 2. The summed E-state index contributed by atoms with van der Waals surface area (Å²) in [5.74, 6) is 0.658. The van der Waals surface area contributed by atoms with Gasteiger partial charge in [0.15, 0.2) is 0 Å². The molecule has 0 radical (unpaired) electrons. The number of carbonyl (C=O) groups excluding carboxylic acids is 1. The van der Waals surface area contributed by atoms with Crippen LogP contribution in [-0.4, -0.2) is 25.5 Å². The first-order chi connectivity index (χ1) is 10.8. The Hall–Kier alpha value is -1.51. The van der Waals surface area contributed by atoms with Crippen molar-refractivity contribution in [3.63, 3.8) is 0 Å². The van der Waals surface area contributed by atoms with Crippen LogP contribution in [0.5, 0.6) is 0 Å². The van der Waals surface area contributed by atoms with Gasteiger partial charge in [0, 0.05) is 36.9 Å². The van der Waals surface area contributed by atoms with E-state index in [2.05, 4.69) is 28.0 Å². The number of hydrogen-bond donors (Lipinski definition) is 0. The number of benzene rings is 1. The fraction of sp³-hybridized carbons (Fsp3) is 0.632. The predicted molar refractivity (Wildman–Crippen MR) is 90.5 cm³/mol. The summed E-state index contributed by atoms with van der Waals surface area (Å²) in [6.45, 7) is 3.25. The Balaban J connectivity index is 1.53. The fourth-order valence-corrected chi connectivity index (χ4v) is 4.36. The summed E-state index contributed by atoms with van der Waals surface area (Å²) in [7, 11) is 0. The first-order valence-corrected chi connectivity index (χ1v) is 9.02. The van der Waals surface area contributed by atoms with Gasteiger partial charge in [0.1, 0.15) is 0 Å². The molecule has 1 aromatic carbocycles. The van der Waals surface area contributed by atoms with Crippen molar-refractivity contribution in [2.45, 2.75) is 51.4 Å². The topological polar surface area (TPSA) is 23.6 Å². The van der Waals surface area contributed by atoms with Crippen molar-refractivity contribution >= 4 is 17.3 Å². The summed E-state index contributed by atoms with van der Waals surface area (Å²) in [6.07, 6.45) is 9.59. The Morgan fingerprint density at radius 2 is 1.73 bits per heavy atom. The molecule has 1 aromatic rings. The van der Waals surface area contributed by atoms with Gasteiger partial charge in [-0.25, -0.2) is 0 Å². The van der Waals surface area contributed by atoms with Crippen LogP contribution in [-0.2, 0) is 11.2 Å². The van der Waals surface area contributed by atoms with Crippen molar-refractivity contribution in [1.82, 2.24) is 0 Å². The highest BCUT2D eigenvalue weighted by molar-refractivity contribution is 5.97. The number of carbonyl (C=O) groups is 1. The van der Waals surface area contributed by atoms with Gasteiger partial charge >= 0.3 is 0 Å². The van der Waals surface area contributed by atoms with Gasteiger partial charge in [0.25, 0.3) is 0 Å². The summed E-state index contributed by atoms with van der Waals surface area (Å²) in [4.78, 5) is 17.4. The molecule has 0 unspecified atom stereocenters. The highest BCUT2D eigenvalue weighted by Gasteiger charge is 2.31. The monoisotopic (exact) mass is 298 g/mol. The summed E-state index contributed by atoms with van der Waals surface area (Å²) in [5, 5.41) is 0. The lowest BCUT2D eigenvalue weighted by molar-refractivity contribution is -0.123.